The molecule has 1 aromatic rings. The predicted molar refractivity (Wildman–Crippen MR) is 77.4 cm³/mol. The zero-order chi connectivity index (χ0) is 15.3. The Balaban J connectivity index is 2.66. The van der Waals surface area contributed by atoms with Gasteiger partial charge in [0.2, 0.25) is 0 Å². The molecule has 1 aromatic carbocycles. The second-order valence-electron chi connectivity index (χ2n) is 5.19. The van der Waals surface area contributed by atoms with Crippen molar-refractivity contribution in [2.45, 2.75) is 32.4 Å². The van der Waals surface area contributed by atoms with Crippen LogP contribution in [0.4, 0.5) is 0 Å². The molecular formula is C15H22N2O3. The fourth-order valence-corrected chi connectivity index (χ4v) is 1.70. The van der Waals surface area contributed by atoms with Crippen molar-refractivity contribution < 1.29 is 14.3 Å². The summed E-state index contributed by atoms with van der Waals surface area (Å²) >= 11 is 0. The molecule has 1 atom stereocenters. The average Bonchev–Trinajstić information content (AvgIpc) is 2.37. The van der Waals surface area contributed by atoms with E-state index < -0.39 is 12.0 Å². The van der Waals surface area contributed by atoms with Crippen LogP contribution in [0.5, 0.6) is 0 Å². The van der Waals surface area contributed by atoms with Crippen molar-refractivity contribution in [3.63, 3.8) is 0 Å². The van der Waals surface area contributed by atoms with Gasteiger partial charge in [0.25, 0.3) is 5.91 Å². The molecule has 0 spiro atoms. The third kappa shape index (κ3) is 4.66. The Hall–Kier alpha value is -1.88. The number of nitrogens with zero attached hydrogens (tertiary/aromatic N) is 1. The van der Waals surface area contributed by atoms with E-state index in [9.17, 15) is 9.59 Å². The molecule has 0 unspecified atom stereocenters. The van der Waals surface area contributed by atoms with E-state index in [1.54, 1.807) is 52.2 Å². The average molecular weight is 278 g/mol. The fourth-order valence-electron chi connectivity index (χ4n) is 1.70. The summed E-state index contributed by atoms with van der Waals surface area (Å²) in [6, 6.07) is 6.39. The summed E-state index contributed by atoms with van der Waals surface area (Å²) in [4.78, 5) is 24.9. The van der Waals surface area contributed by atoms with Gasteiger partial charge in [0.15, 0.2) is 0 Å². The number of nitrogens with two attached hydrogens (primary N) is 1. The van der Waals surface area contributed by atoms with Crippen molar-refractivity contribution >= 4 is 11.9 Å². The lowest BCUT2D eigenvalue weighted by Crippen LogP contribution is -2.35. The van der Waals surface area contributed by atoms with E-state index in [1.807, 2.05) is 0 Å². The summed E-state index contributed by atoms with van der Waals surface area (Å²) < 4.78 is 5.05. The van der Waals surface area contributed by atoms with E-state index in [0.717, 1.165) is 5.56 Å². The van der Waals surface area contributed by atoms with E-state index in [2.05, 4.69) is 0 Å². The molecule has 5 heteroatoms. The molecule has 0 aliphatic rings. The molecule has 5 nitrogen and oxygen atoms in total. The molecule has 110 valence electrons. The standard InChI is InChI=1S/C15H22N2O3/c1-10(2)20-15(19)13(16)9-11-5-7-12(8-6-11)14(18)17(3)4/h5-8,10,13H,9,16H2,1-4H3/t13-/m0/s1. The van der Waals surface area contributed by atoms with Crippen molar-refractivity contribution in [1.82, 2.24) is 4.90 Å². The molecule has 0 aliphatic heterocycles. The highest BCUT2D eigenvalue weighted by atomic mass is 16.5. The molecular weight excluding hydrogens is 256 g/mol. The summed E-state index contributed by atoms with van der Waals surface area (Å²) in [6.07, 6.45) is 0.218. The summed E-state index contributed by atoms with van der Waals surface area (Å²) in [7, 11) is 3.40. The molecule has 0 fully saturated rings. The molecule has 2 N–H and O–H groups in total. The smallest absolute Gasteiger partial charge is 0.323 e. The van der Waals surface area contributed by atoms with Crippen LogP contribution in [0.3, 0.4) is 0 Å². The number of ether oxygens (including phenoxy) is 1. The first-order valence-corrected chi connectivity index (χ1v) is 6.58. The van der Waals surface area contributed by atoms with Gasteiger partial charge in [-0.05, 0) is 38.0 Å². The first-order valence-electron chi connectivity index (χ1n) is 6.58. The van der Waals surface area contributed by atoms with Crippen molar-refractivity contribution in [2.24, 2.45) is 5.73 Å². The Morgan fingerprint density at radius 3 is 2.20 bits per heavy atom. The SMILES string of the molecule is CC(C)OC(=O)[C@@H](N)Cc1ccc(C(=O)N(C)C)cc1. The molecule has 20 heavy (non-hydrogen) atoms. The van der Waals surface area contributed by atoms with Crippen LogP contribution >= 0.6 is 0 Å². The topological polar surface area (TPSA) is 72.6 Å². The predicted octanol–water partition coefficient (Wildman–Crippen LogP) is 1.21. The van der Waals surface area contributed by atoms with Crippen molar-refractivity contribution in [1.29, 1.82) is 0 Å². The van der Waals surface area contributed by atoms with Gasteiger partial charge in [-0.3, -0.25) is 9.59 Å². The lowest BCUT2D eigenvalue weighted by atomic mass is 10.0. The summed E-state index contributed by atoms with van der Waals surface area (Å²) in [5, 5.41) is 0. The lowest BCUT2D eigenvalue weighted by Gasteiger charge is -2.14. The highest BCUT2D eigenvalue weighted by Crippen LogP contribution is 2.09. The van der Waals surface area contributed by atoms with Gasteiger partial charge >= 0.3 is 5.97 Å². The number of esters is 1. The molecule has 1 amide bonds. The second kappa shape index (κ2) is 7.05. The minimum absolute atomic E-state index is 0.0555. The Labute approximate surface area is 119 Å². The molecule has 1 rings (SSSR count). The number of benzene rings is 1. The lowest BCUT2D eigenvalue weighted by molar-refractivity contribution is -0.148. The number of carbonyl (C=O) groups excluding carboxylic acids is 2. The van der Waals surface area contributed by atoms with Crippen molar-refractivity contribution in [3.8, 4) is 0 Å². The van der Waals surface area contributed by atoms with Gasteiger partial charge in [-0.15, -0.1) is 0 Å². The Morgan fingerprint density at radius 1 is 1.20 bits per heavy atom. The van der Waals surface area contributed by atoms with Crippen LogP contribution in [0.2, 0.25) is 0 Å². The van der Waals surface area contributed by atoms with Gasteiger partial charge in [0, 0.05) is 19.7 Å². The normalized spacial score (nSPS) is 12.1. The van der Waals surface area contributed by atoms with Gasteiger partial charge in [0.05, 0.1) is 6.10 Å². The first kappa shape index (κ1) is 16.2. The van der Waals surface area contributed by atoms with Gasteiger partial charge in [-0.25, -0.2) is 0 Å². The summed E-state index contributed by atoms with van der Waals surface area (Å²) in [5.74, 6) is -0.464. The molecule has 0 bridgehead atoms. The number of rotatable bonds is 5. The zero-order valence-corrected chi connectivity index (χ0v) is 12.4. The molecule has 0 saturated carbocycles. The summed E-state index contributed by atoms with van der Waals surface area (Å²) in [6.45, 7) is 3.57. The third-order valence-corrected chi connectivity index (χ3v) is 2.72. The minimum Gasteiger partial charge on any atom is -0.462 e. The van der Waals surface area contributed by atoms with E-state index in [0.29, 0.717) is 12.0 Å². The van der Waals surface area contributed by atoms with E-state index >= 15 is 0 Å². The second-order valence-corrected chi connectivity index (χ2v) is 5.19. The zero-order valence-electron chi connectivity index (χ0n) is 12.4. The fraction of sp³-hybridized carbons (Fsp3) is 0.467. The molecule has 0 aromatic heterocycles. The number of hydrogen-bond donors (Lipinski definition) is 1. The van der Waals surface area contributed by atoms with Gasteiger partial charge in [-0.1, -0.05) is 12.1 Å². The first-order chi connectivity index (χ1) is 9.31. The Kier molecular flexibility index (Phi) is 5.70. The number of amides is 1. The summed E-state index contributed by atoms with van der Waals surface area (Å²) in [5.41, 5.74) is 7.30. The van der Waals surface area contributed by atoms with Crippen molar-refractivity contribution in [2.75, 3.05) is 14.1 Å². The molecule has 0 aliphatic carbocycles. The van der Waals surface area contributed by atoms with Crippen LogP contribution in [-0.2, 0) is 16.0 Å². The van der Waals surface area contributed by atoms with Crippen molar-refractivity contribution in [3.05, 3.63) is 35.4 Å². The molecule has 0 saturated heterocycles. The maximum absolute atomic E-state index is 11.7. The maximum atomic E-state index is 11.7. The Morgan fingerprint density at radius 2 is 1.75 bits per heavy atom. The van der Waals surface area contributed by atoms with Crippen LogP contribution < -0.4 is 5.73 Å². The van der Waals surface area contributed by atoms with E-state index in [-0.39, 0.29) is 12.0 Å². The van der Waals surface area contributed by atoms with Gasteiger partial charge in [-0.2, -0.15) is 0 Å². The van der Waals surface area contributed by atoms with Crippen LogP contribution in [0.1, 0.15) is 29.8 Å². The van der Waals surface area contributed by atoms with E-state index in [1.165, 1.54) is 4.90 Å². The largest absolute Gasteiger partial charge is 0.462 e. The number of hydrogen-bond acceptors (Lipinski definition) is 4. The highest BCUT2D eigenvalue weighted by molar-refractivity contribution is 5.93. The molecule has 0 radical (unpaired) electrons. The number of carbonyl (C=O) groups is 2. The quantitative estimate of drug-likeness (QED) is 0.822. The van der Waals surface area contributed by atoms with Gasteiger partial charge in [0.1, 0.15) is 6.04 Å². The van der Waals surface area contributed by atoms with E-state index in [4.69, 9.17) is 10.5 Å². The van der Waals surface area contributed by atoms with Crippen LogP contribution in [0.25, 0.3) is 0 Å². The monoisotopic (exact) mass is 278 g/mol. The van der Waals surface area contributed by atoms with Crippen LogP contribution in [0, 0.1) is 0 Å². The highest BCUT2D eigenvalue weighted by Gasteiger charge is 2.17. The van der Waals surface area contributed by atoms with Gasteiger partial charge < -0.3 is 15.4 Å². The minimum atomic E-state index is -0.687. The third-order valence-electron chi connectivity index (χ3n) is 2.72. The van der Waals surface area contributed by atoms with Crippen LogP contribution in [0.15, 0.2) is 24.3 Å². The Bertz CT molecular complexity index is 467. The molecule has 0 heterocycles. The van der Waals surface area contributed by atoms with Crippen LogP contribution in [-0.4, -0.2) is 43.0 Å². The maximum Gasteiger partial charge on any atom is 0.323 e.